The van der Waals surface area contributed by atoms with Crippen LogP contribution in [0.25, 0.3) is 0 Å². The van der Waals surface area contributed by atoms with Gasteiger partial charge in [-0.25, -0.2) is 4.39 Å². The molecule has 0 aliphatic rings. The van der Waals surface area contributed by atoms with Gasteiger partial charge in [-0.1, -0.05) is 13.0 Å². The first kappa shape index (κ1) is 13.7. The molecule has 1 heterocycles. The third-order valence-corrected chi connectivity index (χ3v) is 3.39. The molecule has 1 atom stereocenters. The van der Waals surface area contributed by atoms with Crippen LogP contribution < -0.4 is 0 Å². The number of nitrogens with zero attached hydrogens (tertiary/aromatic N) is 2. The Kier molecular flexibility index (Phi) is 4.00. The van der Waals surface area contributed by atoms with Gasteiger partial charge in [-0.15, -0.1) is 0 Å². The third-order valence-electron chi connectivity index (χ3n) is 3.39. The molecular formula is C15H19FN2O. The van der Waals surface area contributed by atoms with Gasteiger partial charge in [0, 0.05) is 13.5 Å². The van der Waals surface area contributed by atoms with E-state index < -0.39 is 6.10 Å². The molecule has 0 aliphatic carbocycles. The summed E-state index contributed by atoms with van der Waals surface area (Å²) >= 11 is 0. The Morgan fingerprint density at radius 2 is 2.11 bits per heavy atom. The molecule has 0 saturated heterocycles. The van der Waals surface area contributed by atoms with E-state index in [1.165, 1.54) is 12.1 Å². The highest BCUT2D eigenvalue weighted by atomic mass is 19.1. The Morgan fingerprint density at radius 3 is 2.68 bits per heavy atom. The first-order valence-electron chi connectivity index (χ1n) is 6.47. The molecule has 0 bridgehead atoms. The molecule has 0 fully saturated rings. The number of hydrogen-bond acceptors (Lipinski definition) is 2. The van der Waals surface area contributed by atoms with Gasteiger partial charge >= 0.3 is 0 Å². The minimum absolute atomic E-state index is 0.246. The van der Waals surface area contributed by atoms with Gasteiger partial charge < -0.3 is 5.11 Å². The molecule has 4 heteroatoms. The van der Waals surface area contributed by atoms with Crippen molar-refractivity contribution < 1.29 is 9.50 Å². The van der Waals surface area contributed by atoms with Crippen LogP contribution in [0, 0.1) is 12.7 Å². The van der Waals surface area contributed by atoms with Crippen molar-refractivity contribution in [1.29, 1.82) is 0 Å². The maximum absolute atomic E-state index is 13.0. The summed E-state index contributed by atoms with van der Waals surface area (Å²) in [5, 5.41) is 14.6. The van der Waals surface area contributed by atoms with E-state index in [2.05, 4.69) is 5.10 Å². The van der Waals surface area contributed by atoms with Crippen molar-refractivity contribution in [2.24, 2.45) is 7.05 Å². The molecule has 0 spiro atoms. The van der Waals surface area contributed by atoms with Crippen molar-refractivity contribution in [3.8, 4) is 0 Å². The highest BCUT2D eigenvalue weighted by molar-refractivity contribution is 5.28. The Morgan fingerprint density at radius 1 is 1.37 bits per heavy atom. The minimum atomic E-state index is -0.623. The molecule has 1 aromatic heterocycles. The highest BCUT2D eigenvalue weighted by Crippen LogP contribution is 2.21. The second-order valence-corrected chi connectivity index (χ2v) is 4.83. The molecule has 2 rings (SSSR count). The van der Waals surface area contributed by atoms with Crippen molar-refractivity contribution in [3.05, 3.63) is 52.6 Å². The van der Waals surface area contributed by atoms with E-state index in [0.717, 1.165) is 28.9 Å². The fraction of sp³-hybridized carbons (Fsp3) is 0.400. The smallest absolute Gasteiger partial charge is 0.123 e. The molecule has 2 aromatic rings. The first-order chi connectivity index (χ1) is 9.01. The van der Waals surface area contributed by atoms with Crippen molar-refractivity contribution in [3.63, 3.8) is 0 Å². The lowest BCUT2D eigenvalue weighted by molar-refractivity contribution is 0.168. The summed E-state index contributed by atoms with van der Waals surface area (Å²) in [7, 11) is 1.83. The number of benzene rings is 1. The lowest BCUT2D eigenvalue weighted by atomic mass is 10.0. The van der Waals surface area contributed by atoms with Crippen LogP contribution >= 0.6 is 0 Å². The molecule has 0 aliphatic heterocycles. The van der Waals surface area contributed by atoms with Crippen LogP contribution in [0.4, 0.5) is 4.39 Å². The van der Waals surface area contributed by atoms with Gasteiger partial charge in [0.25, 0.3) is 0 Å². The van der Waals surface area contributed by atoms with E-state index in [9.17, 15) is 9.50 Å². The predicted molar refractivity (Wildman–Crippen MR) is 72.4 cm³/mol. The van der Waals surface area contributed by atoms with Gasteiger partial charge in [0.2, 0.25) is 0 Å². The van der Waals surface area contributed by atoms with E-state index in [-0.39, 0.29) is 5.82 Å². The minimum Gasteiger partial charge on any atom is -0.386 e. The Balaban J connectivity index is 2.20. The van der Waals surface area contributed by atoms with E-state index in [1.807, 2.05) is 27.0 Å². The average Bonchev–Trinajstić information content (AvgIpc) is 2.74. The molecule has 1 N–H and O–H groups in total. The molecule has 0 radical (unpaired) electrons. The number of aromatic nitrogens is 2. The molecule has 0 saturated carbocycles. The molecule has 1 aromatic carbocycles. The highest BCUT2D eigenvalue weighted by Gasteiger charge is 2.15. The van der Waals surface area contributed by atoms with Gasteiger partial charge in [-0.3, -0.25) is 4.68 Å². The van der Waals surface area contributed by atoms with Crippen LogP contribution in [0.15, 0.2) is 24.3 Å². The van der Waals surface area contributed by atoms with E-state index in [0.29, 0.717) is 6.42 Å². The van der Waals surface area contributed by atoms with Gasteiger partial charge in [0.05, 0.1) is 17.5 Å². The standard InChI is InChI=1S/C15H19FN2O/c1-4-13-9-14(18(3)17-13)15(19)8-11-5-6-12(16)7-10(11)2/h5-7,9,15,19H,4,8H2,1-3H3. The summed E-state index contributed by atoms with van der Waals surface area (Å²) in [6.07, 6.45) is 0.687. The zero-order valence-electron chi connectivity index (χ0n) is 11.5. The zero-order chi connectivity index (χ0) is 14.0. The van der Waals surface area contributed by atoms with E-state index in [4.69, 9.17) is 0 Å². The number of hydrogen-bond donors (Lipinski definition) is 1. The van der Waals surface area contributed by atoms with Crippen LogP contribution in [-0.4, -0.2) is 14.9 Å². The summed E-state index contributed by atoms with van der Waals surface area (Å²) < 4.78 is 14.8. The summed E-state index contributed by atoms with van der Waals surface area (Å²) in [4.78, 5) is 0. The van der Waals surface area contributed by atoms with Crippen LogP contribution in [0.3, 0.4) is 0 Å². The van der Waals surface area contributed by atoms with E-state index in [1.54, 1.807) is 10.7 Å². The number of halogens is 1. The number of aliphatic hydroxyl groups excluding tert-OH is 1. The normalized spacial score (nSPS) is 12.7. The average molecular weight is 262 g/mol. The van der Waals surface area contributed by atoms with Crippen LogP contribution in [-0.2, 0) is 19.9 Å². The maximum Gasteiger partial charge on any atom is 0.123 e. The van der Waals surface area contributed by atoms with Gasteiger partial charge in [0.1, 0.15) is 5.82 Å². The SMILES string of the molecule is CCc1cc(C(O)Cc2ccc(F)cc2C)n(C)n1. The molecule has 102 valence electrons. The second-order valence-electron chi connectivity index (χ2n) is 4.83. The fourth-order valence-electron chi connectivity index (χ4n) is 2.23. The largest absolute Gasteiger partial charge is 0.386 e. The second kappa shape index (κ2) is 5.53. The zero-order valence-corrected chi connectivity index (χ0v) is 11.5. The number of aliphatic hydroxyl groups is 1. The maximum atomic E-state index is 13.0. The first-order valence-corrected chi connectivity index (χ1v) is 6.47. The fourth-order valence-corrected chi connectivity index (χ4v) is 2.23. The van der Waals surface area contributed by atoms with Crippen molar-refractivity contribution in [2.75, 3.05) is 0 Å². The van der Waals surface area contributed by atoms with Gasteiger partial charge in [-0.2, -0.15) is 5.10 Å². The Hall–Kier alpha value is -1.68. The summed E-state index contributed by atoms with van der Waals surface area (Å²) in [5.74, 6) is -0.246. The monoisotopic (exact) mass is 262 g/mol. The molecular weight excluding hydrogens is 243 g/mol. The molecule has 3 nitrogen and oxygen atoms in total. The lowest BCUT2D eigenvalue weighted by Gasteiger charge is -2.12. The van der Waals surface area contributed by atoms with Crippen molar-refractivity contribution in [1.82, 2.24) is 9.78 Å². The van der Waals surface area contributed by atoms with Crippen molar-refractivity contribution in [2.45, 2.75) is 32.8 Å². The third kappa shape index (κ3) is 3.01. The lowest BCUT2D eigenvalue weighted by Crippen LogP contribution is -2.08. The number of rotatable bonds is 4. The quantitative estimate of drug-likeness (QED) is 0.920. The van der Waals surface area contributed by atoms with Crippen LogP contribution in [0.5, 0.6) is 0 Å². The summed E-state index contributed by atoms with van der Waals surface area (Å²) in [5.41, 5.74) is 3.57. The molecule has 1 unspecified atom stereocenters. The summed E-state index contributed by atoms with van der Waals surface area (Å²) in [6, 6.07) is 6.56. The van der Waals surface area contributed by atoms with Crippen LogP contribution in [0.1, 0.15) is 35.5 Å². The molecule has 19 heavy (non-hydrogen) atoms. The topological polar surface area (TPSA) is 38.0 Å². The van der Waals surface area contributed by atoms with Crippen LogP contribution in [0.2, 0.25) is 0 Å². The summed E-state index contributed by atoms with van der Waals surface area (Å²) in [6.45, 7) is 3.88. The van der Waals surface area contributed by atoms with Crippen molar-refractivity contribution >= 4 is 0 Å². The molecule has 0 amide bonds. The Labute approximate surface area is 112 Å². The van der Waals surface area contributed by atoms with Gasteiger partial charge in [-0.05, 0) is 42.7 Å². The van der Waals surface area contributed by atoms with E-state index >= 15 is 0 Å². The number of aryl methyl sites for hydroxylation is 3. The van der Waals surface area contributed by atoms with Gasteiger partial charge in [0.15, 0.2) is 0 Å². The predicted octanol–water partition coefficient (Wildman–Crippen LogP) is 2.71. The Bertz CT molecular complexity index is 578.